The third-order valence-corrected chi connectivity index (χ3v) is 7.96. The Morgan fingerprint density at radius 3 is 2.79 bits per heavy atom. The van der Waals surface area contributed by atoms with E-state index >= 15 is 0 Å². The first-order valence-electron chi connectivity index (χ1n) is 10.6. The van der Waals surface area contributed by atoms with Crippen LogP contribution >= 0.6 is 0 Å². The number of phenolic OH excluding ortho intramolecular Hbond substituents is 1. The summed E-state index contributed by atoms with van der Waals surface area (Å²) < 4.78 is 17.3. The quantitative estimate of drug-likeness (QED) is 0.728. The fourth-order valence-electron chi connectivity index (χ4n) is 6.11. The average Bonchev–Trinajstić information content (AvgIpc) is 3.17. The molecule has 1 aromatic carbocycles. The molecule has 0 radical (unpaired) electrons. The smallest absolute Gasteiger partial charge is 0.338 e. The molecule has 3 aliphatic rings. The van der Waals surface area contributed by atoms with Crippen molar-refractivity contribution in [2.45, 2.75) is 70.2 Å². The van der Waals surface area contributed by atoms with Gasteiger partial charge in [0, 0.05) is 0 Å². The van der Waals surface area contributed by atoms with Crippen LogP contribution in [0.5, 0.6) is 11.5 Å². The van der Waals surface area contributed by atoms with Crippen molar-refractivity contribution in [1.82, 2.24) is 0 Å². The van der Waals surface area contributed by atoms with Gasteiger partial charge in [-0.15, -0.1) is 0 Å². The first-order valence-corrected chi connectivity index (χ1v) is 10.6. The molecule has 29 heavy (non-hydrogen) atoms. The van der Waals surface area contributed by atoms with E-state index in [0.717, 1.165) is 32.1 Å². The van der Waals surface area contributed by atoms with Gasteiger partial charge in [-0.2, -0.15) is 0 Å². The van der Waals surface area contributed by atoms with Gasteiger partial charge in [-0.05, 0) is 74.5 Å². The van der Waals surface area contributed by atoms with Gasteiger partial charge >= 0.3 is 5.97 Å². The van der Waals surface area contributed by atoms with Gasteiger partial charge in [-0.3, -0.25) is 0 Å². The first-order chi connectivity index (χ1) is 13.6. The maximum Gasteiger partial charge on any atom is 0.338 e. The Kier molecular flexibility index (Phi) is 4.86. The van der Waals surface area contributed by atoms with Crippen molar-refractivity contribution in [2.75, 3.05) is 13.7 Å². The number of hydrogen-bond donors (Lipinski definition) is 2. The molecule has 0 aromatic heterocycles. The van der Waals surface area contributed by atoms with Crippen LogP contribution in [0, 0.1) is 17.3 Å². The molecule has 2 saturated heterocycles. The number of rotatable bonds is 5. The summed E-state index contributed by atoms with van der Waals surface area (Å²) in [6.45, 7) is 6.72. The highest BCUT2D eigenvalue weighted by atomic mass is 16.6. The van der Waals surface area contributed by atoms with E-state index in [4.69, 9.17) is 14.2 Å². The van der Waals surface area contributed by atoms with Gasteiger partial charge in [0.25, 0.3) is 0 Å². The predicted molar refractivity (Wildman–Crippen MR) is 107 cm³/mol. The van der Waals surface area contributed by atoms with Crippen molar-refractivity contribution < 1.29 is 29.2 Å². The molecule has 3 fully saturated rings. The molecule has 4 rings (SSSR count). The topological polar surface area (TPSA) is 85.2 Å². The third-order valence-electron chi connectivity index (χ3n) is 7.96. The van der Waals surface area contributed by atoms with Crippen molar-refractivity contribution in [3.63, 3.8) is 0 Å². The highest BCUT2D eigenvalue weighted by molar-refractivity contribution is 5.90. The van der Waals surface area contributed by atoms with Crippen molar-refractivity contribution >= 4 is 5.97 Å². The number of phenols is 1. The van der Waals surface area contributed by atoms with Crippen LogP contribution in [0.1, 0.15) is 63.2 Å². The van der Waals surface area contributed by atoms with Crippen LogP contribution in [0.2, 0.25) is 0 Å². The summed E-state index contributed by atoms with van der Waals surface area (Å²) in [5.41, 5.74) is -0.377. The van der Waals surface area contributed by atoms with Gasteiger partial charge in [-0.25, -0.2) is 4.79 Å². The van der Waals surface area contributed by atoms with E-state index in [2.05, 4.69) is 13.8 Å². The minimum atomic E-state index is -0.457. The second kappa shape index (κ2) is 6.88. The zero-order valence-corrected chi connectivity index (χ0v) is 17.7. The largest absolute Gasteiger partial charge is 0.504 e. The molecular formula is C23H32O6. The monoisotopic (exact) mass is 404 g/mol. The Labute approximate surface area is 172 Å². The van der Waals surface area contributed by atoms with E-state index in [0.29, 0.717) is 18.1 Å². The molecule has 2 heterocycles. The Bertz CT molecular complexity index is 809. The van der Waals surface area contributed by atoms with E-state index in [1.807, 2.05) is 6.92 Å². The lowest BCUT2D eigenvalue weighted by molar-refractivity contribution is -0.248. The van der Waals surface area contributed by atoms with Crippen molar-refractivity contribution in [2.24, 2.45) is 17.3 Å². The fourth-order valence-corrected chi connectivity index (χ4v) is 6.11. The SMILES string of the molecule is COc1cc(C(=O)OCC(C)C2CCC3(C)CC(O)C4(C)CCC23O4)ccc1O. The number of fused-ring (bicyclic) bond motifs is 1. The number of hydrogen-bond acceptors (Lipinski definition) is 6. The number of carbonyl (C=O) groups is 1. The lowest BCUT2D eigenvalue weighted by Gasteiger charge is -2.53. The summed E-state index contributed by atoms with van der Waals surface area (Å²) in [5.74, 6) is 0.256. The summed E-state index contributed by atoms with van der Waals surface area (Å²) >= 11 is 0. The minimum absolute atomic E-state index is 0.0114. The Morgan fingerprint density at radius 1 is 1.31 bits per heavy atom. The molecule has 1 aromatic rings. The van der Waals surface area contributed by atoms with Crippen LogP contribution in [0.25, 0.3) is 0 Å². The number of ether oxygens (including phenoxy) is 3. The van der Waals surface area contributed by atoms with Crippen molar-refractivity contribution in [3.8, 4) is 11.5 Å². The van der Waals surface area contributed by atoms with Gasteiger partial charge < -0.3 is 24.4 Å². The maximum atomic E-state index is 12.5. The Morgan fingerprint density at radius 2 is 2.07 bits per heavy atom. The predicted octanol–water partition coefficient (Wildman–Crippen LogP) is 3.68. The molecule has 160 valence electrons. The molecule has 6 atom stereocenters. The molecule has 0 amide bonds. The lowest BCUT2D eigenvalue weighted by Crippen LogP contribution is -2.58. The Hall–Kier alpha value is -1.79. The van der Waals surface area contributed by atoms with Crippen LogP contribution in [0.15, 0.2) is 18.2 Å². The highest BCUT2D eigenvalue weighted by Crippen LogP contribution is 2.67. The van der Waals surface area contributed by atoms with E-state index < -0.39 is 17.7 Å². The average molecular weight is 405 g/mol. The van der Waals surface area contributed by atoms with Crippen molar-refractivity contribution in [3.05, 3.63) is 23.8 Å². The number of methoxy groups -OCH3 is 1. The number of aliphatic hydroxyl groups excluding tert-OH is 1. The molecule has 6 heteroatoms. The minimum Gasteiger partial charge on any atom is -0.504 e. The highest BCUT2D eigenvalue weighted by Gasteiger charge is 2.69. The van der Waals surface area contributed by atoms with Crippen molar-refractivity contribution in [1.29, 1.82) is 0 Å². The number of carbonyl (C=O) groups excluding carboxylic acids is 1. The van der Waals surface area contributed by atoms with Crippen LogP contribution in [0.3, 0.4) is 0 Å². The number of aromatic hydroxyl groups is 1. The van der Waals surface area contributed by atoms with Gasteiger partial charge in [0.15, 0.2) is 11.5 Å². The molecule has 2 aliphatic heterocycles. The maximum absolute atomic E-state index is 12.5. The molecule has 1 aliphatic carbocycles. The summed E-state index contributed by atoms with van der Waals surface area (Å²) in [5, 5.41) is 20.3. The molecule has 6 unspecified atom stereocenters. The van der Waals surface area contributed by atoms with E-state index in [-0.39, 0.29) is 28.4 Å². The summed E-state index contributed by atoms with van der Waals surface area (Å²) in [6, 6.07) is 4.45. The molecule has 2 N–H and O–H groups in total. The summed E-state index contributed by atoms with van der Waals surface area (Å²) in [7, 11) is 1.44. The standard InChI is InChI=1S/C23H32O6/c1-14(13-28-20(26)15-5-6-17(24)18(11-15)27-4)16-7-8-21(2)12-19(25)22(3)9-10-23(16,21)29-22/h5-6,11,14,16,19,24-25H,7-10,12-13H2,1-4H3. The zero-order valence-electron chi connectivity index (χ0n) is 17.7. The third kappa shape index (κ3) is 3.03. The van der Waals surface area contributed by atoms with E-state index in [1.165, 1.54) is 25.3 Å². The van der Waals surface area contributed by atoms with E-state index in [1.54, 1.807) is 0 Å². The van der Waals surface area contributed by atoms with Crippen LogP contribution in [-0.2, 0) is 9.47 Å². The van der Waals surface area contributed by atoms with Gasteiger partial charge in [-0.1, -0.05) is 13.8 Å². The number of aliphatic hydroxyl groups is 1. The van der Waals surface area contributed by atoms with E-state index in [9.17, 15) is 15.0 Å². The number of esters is 1. The molecule has 1 spiro atoms. The lowest BCUT2D eigenvalue weighted by atomic mass is 9.66. The van der Waals surface area contributed by atoms with Crippen LogP contribution < -0.4 is 4.74 Å². The summed E-state index contributed by atoms with van der Waals surface area (Å²) in [4.78, 5) is 12.5. The van der Waals surface area contributed by atoms with Crippen LogP contribution in [0.4, 0.5) is 0 Å². The Balaban J connectivity index is 1.46. The molecule has 2 bridgehead atoms. The second-order valence-corrected chi connectivity index (χ2v) is 9.69. The fraction of sp³-hybridized carbons (Fsp3) is 0.696. The summed E-state index contributed by atoms with van der Waals surface area (Å²) in [6.07, 6.45) is 4.23. The first kappa shape index (κ1) is 20.5. The van der Waals surface area contributed by atoms with Gasteiger partial charge in [0.05, 0.1) is 36.6 Å². The zero-order chi connectivity index (χ0) is 21.0. The molecule has 1 saturated carbocycles. The second-order valence-electron chi connectivity index (χ2n) is 9.69. The number of benzene rings is 1. The van der Waals surface area contributed by atoms with Crippen LogP contribution in [-0.4, -0.2) is 47.2 Å². The van der Waals surface area contributed by atoms with Gasteiger partial charge in [0.1, 0.15) is 0 Å². The molecular weight excluding hydrogens is 372 g/mol. The molecule has 6 nitrogen and oxygen atoms in total. The normalized spacial score (nSPS) is 39.1. The van der Waals surface area contributed by atoms with Gasteiger partial charge in [0.2, 0.25) is 0 Å².